The van der Waals surface area contributed by atoms with Crippen molar-refractivity contribution in [3.05, 3.63) is 18.1 Å². The SMILES string of the molecule is Cc1nccnc1N1C[C@@H](CN2C[C@@H](C)O[C@@H](C)C2)[C@@H](CO)C1. The van der Waals surface area contributed by atoms with Crippen LogP contribution in [-0.2, 0) is 4.74 Å². The molecule has 0 aromatic carbocycles. The number of nitrogens with zero attached hydrogens (tertiary/aromatic N) is 4. The molecule has 0 radical (unpaired) electrons. The molecule has 4 atom stereocenters. The molecule has 3 heterocycles. The van der Waals surface area contributed by atoms with Gasteiger partial charge in [-0.2, -0.15) is 0 Å². The minimum Gasteiger partial charge on any atom is -0.396 e. The quantitative estimate of drug-likeness (QED) is 0.891. The van der Waals surface area contributed by atoms with Gasteiger partial charge in [-0.1, -0.05) is 0 Å². The summed E-state index contributed by atoms with van der Waals surface area (Å²) < 4.78 is 5.82. The van der Waals surface area contributed by atoms with E-state index in [2.05, 4.69) is 33.6 Å². The van der Waals surface area contributed by atoms with Crippen molar-refractivity contribution in [2.75, 3.05) is 44.2 Å². The van der Waals surface area contributed by atoms with E-state index >= 15 is 0 Å². The lowest BCUT2D eigenvalue weighted by Crippen LogP contribution is -2.48. The highest BCUT2D eigenvalue weighted by Crippen LogP contribution is 2.29. The van der Waals surface area contributed by atoms with Crippen LogP contribution in [0.1, 0.15) is 19.5 Å². The summed E-state index contributed by atoms with van der Waals surface area (Å²) in [7, 11) is 0. The van der Waals surface area contributed by atoms with E-state index < -0.39 is 0 Å². The molecule has 0 unspecified atom stereocenters. The minimum absolute atomic E-state index is 0.232. The summed E-state index contributed by atoms with van der Waals surface area (Å²) in [5.41, 5.74) is 0.957. The molecule has 6 heteroatoms. The number of aryl methyl sites for hydroxylation is 1. The molecule has 0 spiro atoms. The van der Waals surface area contributed by atoms with E-state index in [0.717, 1.165) is 44.2 Å². The monoisotopic (exact) mass is 320 g/mol. The standard InChI is InChI=1S/C17H28N4O2/c1-12-6-20(7-13(2)23-12)8-15-9-21(10-16(15)11-22)17-14(3)18-4-5-19-17/h4-5,12-13,15-16,22H,6-11H2,1-3H3/t12-,13+,15-,16-/m1/s1. The molecule has 6 nitrogen and oxygen atoms in total. The van der Waals surface area contributed by atoms with Gasteiger partial charge in [0.1, 0.15) is 5.82 Å². The van der Waals surface area contributed by atoms with Crippen LogP contribution in [0.5, 0.6) is 0 Å². The first kappa shape index (κ1) is 16.6. The molecule has 2 aliphatic heterocycles. The van der Waals surface area contributed by atoms with Crippen LogP contribution in [0.4, 0.5) is 5.82 Å². The first-order valence-electron chi connectivity index (χ1n) is 8.58. The third kappa shape index (κ3) is 3.82. The highest BCUT2D eigenvalue weighted by molar-refractivity contribution is 5.43. The van der Waals surface area contributed by atoms with Crippen LogP contribution in [0.25, 0.3) is 0 Å². The summed E-state index contributed by atoms with van der Waals surface area (Å²) in [5.74, 6) is 1.71. The molecular formula is C17H28N4O2. The van der Waals surface area contributed by atoms with Crippen molar-refractivity contribution in [2.24, 2.45) is 11.8 Å². The topological polar surface area (TPSA) is 61.7 Å². The summed E-state index contributed by atoms with van der Waals surface area (Å²) in [6.45, 7) is 11.3. The van der Waals surface area contributed by atoms with Crippen LogP contribution in [0, 0.1) is 18.8 Å². The van der Waals surface area contributed by atoms with Crippen molar-refractivity contribution in [2.45, 2.75) is 33.0 Å². The average Bonchev–Trinajstić information content (AvgIpc) is 2.89. The number of rotatable bonds is 4. The van der Waals surface area contributed by atoms with Crippen LogP contribution >= 0.6 is 0 Å². The maximum absolute atomic E-state index is 9.80. The zero-order chi connectivity index (χ0) is 16.4. The van der Waals surface area contributed by atoms with E-state index in [0.29, 0.717) is 11.8 Å². The minimum atomic E-state index is 0.232. The van der Waals surface area contributed by atoms with Crippen molar-refractivity contribution in [3.8, 4) is 0 Å². The molecule has 2 aliphatic rings. The molecule has 1 N–H and O–H groups in total. The van der Waals surface area contributed by atoms with Gasteiger partial charge in [-0.3, -0.25) is 9.88 Å². The summed E-state index contributed by atoms with van der Waals surface area (Å²) in [6.07, 6.45) is 4.04. The van der Waals surface area contributed by atoms with E-state index in [4.69, 9.17) is 4.74 Å². The Bertz CT molecular complexity index is 517. The van der Waals surface area contributed by atoms with Gasteiger partial charge >= 0.3 is 0 Å². The average molecular weight is 320 g/mol. The first-order valence-corrected chi connectivity index (χ1v) is 8.58. The summed E-state index contributed by atoms with van der Waals surface area (Å²) >= 11 is 0. The highest BCUT2D eigenvalue weighted by atomic mass is 16.5. The second-order valence-corrected chi connectivity index (χ2v) is 7.05. The third-order valence-electron chi connectivity index (χ3n) is 4.95. The van der Waals surface area contributed by atoms with Gasteiger partial charge < -0.3 is 14.7 Å². The lowest BCUT2D eigenvalue weighted by molar-refractivity contribution is -0.0725. The van der Waals surface area contributed by atoms with Crippen LogP contribution < -0.4 is 4.90 Å². The van der Waals surface area contributed by atoms with E-state index in [1.54, 1.807) is 12.4 Å². The van der Waals surface area contributed by atoms with Crippen molar-refractivity contribution >= 4 is 5.82 Å². The molecule has 0 amide bonds. The molecule has 0 bridgehead atoms. The zero-order valence-electron chi connectivity index (χ0n) is 14.4. The van der Waals surface area contributed by atoms with Crippen molar-refractivity contribution in [1.82, 2.24) is 14.9 Å². The molecule has 1 aromatic heterocycles. The van der Waals surface area contributed by atoms with Gasteiger partial charge in [0.05, 0.1) is 17.9 Å². The number of ether oxygens (including phenoxy) is 1. The lowest BCUT2D eigenvalue weighted by Gasteiger charge is -2.37. The maximum Gasteiger partial charge on any atom is 0.150 e. The second kappa shape index (κ2) is 7.11. The number of aromatic nitrogens is 2. The van der Waals surface area contributed by atoms with Crippen LogP contribution in [-0.4, -0.2) is 71.5 Å². The van der Waals surface area contributed by atoms with Crippen molar-refractivity contribution in [3.63, 3.8) is 0 Å². The van der Waals surface area contributed by atoms with Gasteiger partial charge in [-0.15, -0.1) is 0 Å². The molecule has 2 saturated heterocycles. The van der Waals surface area contributed by atoms with Gasteiger partial charge in [0.25, 0.3) is 0 Å². The zero-order valence-corrected chi connectivity index (χ0v) is 14.4. The van der Waals surface area contributed by atoms with Gasteiger partial charge in [0.15, 0.2) is 0 Å². The third-order valence-corrected chi connectivity index (χ3v) is 4.95. The molecule has 0 saturated carbocycles. The van der Waals surface area contributed by atoms with Crippen molar-refractivity contribution < 1.29 is 9.84 Å². The van der Waals surface area contributed by atoms with Crippen LogP contribution in [0.15, 0.2) is 12.4 Å². The van der Waals surface area contributed by atoms with Gasteiger partial charge in [-0.25, -0.2) is 4.98 Å². The molecule has 1 aromatic rings. The number of aliphatic hydroxyl groups is 1. The number of hydrogen-bond acceptors (Lipinski definition) is 6. The normalized spacial score (nSPS) is 32.4. The van der Waals surface area contributed by atoms with E-state index in [1.807, 2.05) is 6.92 Å². The van der Waals surface area contributed by atoms with E-state index in [9.17, 15) is 5.11 Å². The fourth-order valence-electron chi connectivity index (χ4n) is 4.00. The number of aliphatic hydroxyl groups excluding tert-OH is 1. The predicted octanol–water partition coefficient (Wildman–Crippen LogP) is 0.939. The van der Waals surface area contributed by atoms with Crippen LogP contribution in [0.3, 0.4) is 0 Å². The first-order chi connectivity index (χ1) is 11.1. The Morgan fingerprint density at radius 2 is 1.74 bits per heavy atom. The largest absolute Gasteiger partial charge is 0.396 e. The molecule has 2 fully saturated rings. The Labute approximate surface area is 138 Å². The van der Waals surface area contributed by atoms with E-state index in [1.165, 1.54) is 0 Å². The van der Waals surface area contributed by atoms with E-state index in [-0.39, 0.29) is 18.8 Å². The Balaban J connectivity index is 1.66. The molecular weight excluding hydrogens is 292 g/mol. The number of anilines is 1. The van der Waals surface area contributed by atoms with Gasteiger partial charge in [-0.05, 0) is 26.7 Å². The lowest BCUT2D eigenvalue weighted by atomic mass is 9.96. The van der Waals surface area contributed by atoms with Gasteiger partial charge in [0.2, 0.25) is 0 Å². The molecule has 128 valence electrons. The van der Waals surface area contributed by atoms with Crippen molar-refractivity contribution in [1.29, 1.82) is 0 Å². The fourth-order valence-corrected chi connectivity index (χ4v) is 4.00. The Hall–Kier alpha value is -1.24. The summed E-state index contributed by atoms with van der Waals surface area (Å²) in [5, 5.41) is 9.80. The Kier molecular flexibility index (Phi) is 5.14. The fraction of sp³-hybridized carbons (Fsp3) is 0.765. The molecule has 0 aliphatic carbocycles. The smallest absolute Gasteiger partial charge is 0.150 e. The highest BCUT2D eigenvalue weighted by Gasteiger charge is 2.36. The Morgan fingerprint density at radius 3 is 2.39 bits per heavy atom. The summed E-state index contributed by atoms with van der Waals surface area (Å²) in [6, 6.07) is 0. The maximum atomic E-state index is 9.80. The Morgan fingerprint density at radius 1 is 1.09 bits per heavy atom. The molecule has 3 rings (SSSR count). The summed E-state index contributed by atoms with van der Waals surface area (Å²) in [4.78, 5) is 13.6. The number of hydrogen-bond donors (Lipinski definition) is 1. The van der Waals surface area contributed by atoms with Gasteiger partial charge in [0, 0.05) is 57.6 Å². The molecule has 23 heavy (non-hydrogen) atoms. The second-order valence-electron chi connectivity index (χ2n) is 7.05. The number of morpholine rings is 1. The predicted molar refractivity (Wildman–Crippen MR) is 89.5 cm³/mol. The van der Waals surface area contributed by atoms with Crippen LogP contribution in [0.2, 0.25) is 0 Å².